The largest absolute Gasteiger partial charge is 0.339 e. The van der Waals surface area contributed by atoms with Gasteiger partial charge in [-0.3, -0.25) is 34.3 Å². The highest BCUT2D eigenvalue weighted by molar-refractivity contribution is 6.22. The molecule has 0 aromatic heterocycles. The minimum absolute atomic E-state index is 0.0324. The van der Waals surface area contributed by atoms with Gasteiger partial charge in [0.25, 0.3) is 17.5 Å². The van der Waals surface area contributed by atoms with Gasteiger partial charge in [0.2, 0.25) is 5.91 Å². The van der Waals surface area contributed by atoms with Crippen LogP contribution in [0.3, 0.4) is 0 Å². The van der Waals surface area contributed by atoms with Crippen LogP contribution >= 0.6 is 0 Å². The first kappa shape index (κ1) is 20.7. The van der Waals surface area contributed by atoms with E-state index in [4.69, 9.17) is 0 Å². The lowest BCUT2D eigenvalue weighted by Gasteiger charge is -2.35. The minimum atomic E-state index is -0.671. The van der Waals surface area contributed by atoms with Crippen molar-refractivity contribution in [3.63, 3.8) is 0 Å². The minimum Gasteiger partial charge on any atom is -0.339 e. The molecule has 0 atom stereocenters. The molecule has 31 heavy (non-hydrogen) atoms. The van der Waals surface area contributed by atoms with Crippen molar-refractivity contribution < 1.29 is 19.3 Å². The van der Waals surface area contributed by atoms with E-state index in [0.717, 1.165) is 17.5 Å². The van der Waals surface area contributed by atoms with Crippen molar-refractivity contribution in [2.75, 3.05) is 32.7 Å². The lowest BCUT2D eigenvalue weighted by molar-refractivity contribution is -0.384. The molecule has 160 valence electrons. The number of benzene rings is 2. The van der Waals surface area contributed by atoms with Crippen molar-refractivity contribution in [3.05, 3.63) is 74.8 Å². The summed E-state index contributed by atoms with van der Waals surface area (Å²) in [6.07, 6.45) is 0. The number of carbonyl (C=O) groups is 3. The molecule has 4 rings (SSSR count). The Kier molecular flexibility index (Phi) is 5.51. The van der Waals surface area contributed by atoms with Crippen molar-refractivity contribution >= 4 is 23.4 Å². The van der Waals surface area contributed by atoms with E-state index >= 15 is 0 Å². The first-order chi connectivity index (χ1) is 14.8. The molecule has 9 heteroatoms. The van der Waals surface area contributed by atoms with E-state index in [0.29, 0.717) is 26.2 Å². The molecular weight excluding hydrogens is 400 g/mol. The maximum atomic E-state index is 12.7. The van der Waals surface area contributed by atoms with E-state index in [-0.39, 0.29) is 29.3 Å². The second-order valence-corrected chi connectivity index (χ2v) is 7.83. The standard InChI is InChI=1S/C22H22N4O5/c1-15-3-2-4-16(11-15)13-23-7-9-24(10-8-23)20(27)14-25-21(28)18-6-5-17(26(30)31)12-19(18)22(25)29/h2-6,11-12H,7-10,13-14H2,1H3. The summed E-state index contributed by atoms with van der Waals surface area (Å²) in [7, 11) is 0. The first-order valence-corrected chi connectivity index (χ1v) is 10.0. The third-order valence-electron chi connectivity index (χ3n) is 5.67. The van der Waals surface area contributed by atoms with Gasteiger partial charge < -0.3 is 4.90 Å². The Morgan fingerprint density at radius 1 is 1.00 bits per heavy atom. The van der Waals surface area contributed by atoms with E-state index in [9.17, 15) is 24.5 Å². The highest BCUT2D eigenvalue weighted by Crippen LogP contribution is 2.26. The molecule has 1 saturated heterocycles. The highest BCUT2D eigenvalue weighted by Gasteiger charge is 2.38. The second kappa shape index (κ2) is 8.27. The monoisotopic (exact) mass is 422 g/mol. The number of hydrogen-bond donors (Lipinski definition) is 0. The van der Waals surface area contributed by atoms with Crippen LogP contribution in [0.4, 0.5) is 5.69 Å². The number of non-ortho nitro benzene ring substituents is 1. The molecule has 0 N–H and O–H groups in total. The summed E-state index contributed by atoms with van der Waals surface area (Å²) in [5.41, 5.74) is 2.22. The van der Waals surface area contributed by atoms with Crippen molar-refractivity contribution in [3.8, 4) is 0 Å². The van der Waals surface area contributed by atoms with E-state index in [1.807, 2.05) is 6.07 Å². The number of amides is 3. The fourth-order valence-electron chi connectivity index (χ4n) is 4.00. The fourth-order valence-corrected chi connectivity index (χ4v) is 4.00. The Balaban J connectivity index is 1.35. The number of piperazine rings is 1. The highest BCUT2D eigenvalue weighted by atomic mass is 16.6. The summed E-state index contributed by atoms with van der Waals surface area (Å²) in [4.78, 5) is 53.0. The predicted molar refractivity (Wildman–Crippen MR) is 111 cm³/mol. The molecule has 2 aliphatic heterocycles. The maximum Gasteiger partial charge on any atom is 0.270 e. The molecule has 0 radical (unpaired) electrons. The number of nitro benzene ring substituents is 1. The summed E-state index contributed by atoms with van der Waals surface area (Å²) in [6.45, 7) is 4.93. The zero-order valence-electron chi connectivity index (χ0n) is 17.1. The van der Waals surface area contributed by atoms with Gasteiger partial charge in [-0.1, -0.05) is 29.8 Å². The van der Waals surface area contributed by atoms with Gasteiger partial charge in [-0.05, 0) is 18.6 Å². The lowest BCUT2D eigenvalue weighted by Crippen LogP contribution is -2.51. The van der Waals surface area contributed by atoms with E-state index in [1.54, 1.807) is 4.90 Å². The molecular formula is C22H22N4O5. The average molecular weight is 422 g/mol. The smallest absolute Gasteiger partial charge is 0.270 e. The van der Waals surface area contributed by atoms with Gasteiger partial charge in [-0.25, -0.2) is 0 Å². The van der Waals surface area contributed by atoms with Crippen LogP contribution in [0.15, 0.2) is 42.5 Å². The predicted octanol–water partition coefficient (Wildman–Crippen LogP) is 1.84. The van der Waals surface area contributed by atoms with Crippen LogP contribution < -0.4 is 0 Å². The Bertz CT molecular complexity index is 1080. The van der Waals surface area contributed by atoms with Gasteiger partial charge in [0.1, 0.15) is 6.54 Å². The van der Waals surface area contributed by atoms with E-state index in [1.165, 1.54) is 23.3 Å². The molecule has 3 amide bonds. The van der Waals surface area contributed by atoms with Gasteiger partial charge in [-0.2, -0.15) is 0 Å². The second-order valence-electron chi connectivity index (χ2n) is 7.83. The number of rotatable bonds is 5. The maximum absolute atomic E-state index is 12.7. The molecule has 0 saturated carbocycles. The zero-order chi connectivity index (χ0) is 22.1. The number of aryl methyl sites for hydroxylation is 1. The molecule has 0 bridgehead atoms. The van der Waals surface area contributed by atoms with Crippen LogP contribution in [0.2, 0.25) is 0 Å². The lowest BCUT2D eigenvalue weighted by atomic mass is 10.1. The molecule has 0 aliphatic carbocycles. The number of nitrogens with zero attached hydrogens (tertiary/aromatic N) is 4. The van der Waals surface area contributed by atoms with Gasteiger partial charge in [0, 0.05) is 44.9 Å². The van der Waals surface area contributed by atoms with Crippen LogP contribution in [0.1, 0.15) is 31.8 Å². The fraction of sp³-hybridized carbons (Fsp3) is 0.318. The van der Waals surface area contributed by atoms with Crippen molar-refractivity contribution in [2.24, 2.45) is 0 Å². The Hall–Kier alpha value is -3.59. The van der Waals surface area contributed by atoms with Crippen molar-refractivity contribution in [1.82, 2.24) is 14.7 Å². The Labute approximate surface area is 179 Å². The first-order valence-electron chi connectivity index (χ1n) is 10.0. The van der Waals surface area contributed by atoms with Crippen LogP contribution in [0.5, 0.6) is 0 Å². The summed E-state index contributed by atoms with van der Waals surface area (Å²) < 4.78 is 0. The molecule has 2 aromatic rings. The normalized spacial score (nSPS) is 16.5. The number of imide groups is 1. The number of carbonyl (C=O) groups excluding carboxylic acids is 3. The molecule has 0 spiro atoms. The van der Waals surface area contributed by atoms with Crippen LogP contribution in [0, 0.1) is 17.0 Å². The van der Waals surface area contributed by atoms with Gasteiger partial charge in [0.05, 0.1) is 16.1 Å². The Morgan fingerprint density at radius 2 is 1.71 bits per heavy atom. The zero-order valence-corrected chi connectivity index (χ0v) is 17.1. The number of hydrogen-bond acceptors (Lipinski definition) is 6. The SMILES string of the molecule is Cc1cccc(CN2CCN(C(=O)CN3C(=O)c4ccc([N+](=O)[O-])cc4C3=O)CC2)c1. The molecule has 0 unspecified atom stereocenters. The topological polar surface area (TPSA) is 104 Å². The third-order valence-corrected chi connectivity index (χ3v) is 5.67. The van der Waals surface area contributed by atoms with Crippen LogP contribution in [-0.2, 0) is 11.3 Å². The summed E-state index contributed by atoms with van der Waals surface area (Å²) in [5, 5.41) is 10.9. The van der Waals surface area contributed by atoms with Crippen LogP contribution in [0.25, 0.3) is 0 Å². The summed E-state index contributed by atoms with van der Waals surface area (Å²) in [5.74, 6) is -1.57. The van der Waals surface area contributed by atoms with Gasteiger partial charge in [-0.15, -0.1) is 0 Å². The average Bonchev–Trinajstić information content (AvgIpc) is 2.98. The molecule has 2 aromatic carbocycles. The summed E-state index contributed by atoms with van der Waals surface area (Å²) in [6, 6.07) is 11.8. The molecule has 2 aliphatic rings. The van der Waals surface area contributed by atoms with Crippen LogP contribution in [-0.4, -0.2) is 70.1 Å². The molecule has 2 heterocycles. The van der Waals surface area contributed by atoms with Gasteiger partial charge in [0.15, 0.2) is 0 Å². The van der Waals surface area contributed by atoms with Crippen molar-refractivity contribution in [2.45, 2.75) is 13.5 Å². The summed E-state index contributed by atoms with van der Waals surface area (Å²) >= 11 is 0. The van der Waals surface area contributed by atoms with E-state index < -0.39 is 16.7 Å². The van der Waals surface area contributed by atoms with E-state index in [2.05, 4.69) is 30.0 Å². The Morgan fingerprint density at radius 3 is 2.39 bits per heavy atom. The number of fused-ring (bicyclic) bond motifs is 1. The third kappa shape index (κ3) is 4.17. The quantitative estimate of drug-likeness (QED) is 0.414. The van der Waals surface area contributed by atoms with Crippen molar-refractivity contribution in [1.29, 1.82) is 0 Å². The molecule has 9 nitrogen and oxygen atoms in total. The number of nitro groups is 1. The molecule has 1 fully saturated rings. The van der Waals surface area contributed by atoms with Gasteiger partial charge >= 0.3 is 0 Å².